The number of hydrogen-bond acceptors (Lipinski definition) is 4. The zero-order chi connectivity index (χ0) is 10.9. The van der Waals surface area contributed by atoms with Crippen LogP contribution in [0.5, 0.6) is 0 Å². The SMILES string of the molecule is CCCCCN(CCO)Cc1ccon1. The van der Waals surface area contributed by atoms with E-state index in [9.17, 15) is 0 Å². The molecule has 4 nitrogen and oxygen atoms in total. The zero-order valence-corrected chi connectivity index (χ0v) is 9.35. The van der Waals surface area contributed by atoms with E-state index in [2.05, 4.69) is 17.0 Å². The fraction of sp³-hybridized carbons (Fsp3) is 0.727. The van der Waals surface area contributed by atoms with Gasteiger partial charge in [0.2, 0.25) is 0 Å². The van der Waals surface area contributed by atoms with Gasteiger partial charge in [-0.3, -0.25) is 4.90 Å². The van der Waals surface area contributed by atoms with Crippen LogP contribution < -0.4 is 0 Å². The number of hydrogen-bond donors (Lipinski definition) is 1. The van der Waals surface area contributed by atoms with E-state index in [0.29, 0.717) is 6.54 Å². The highest BCUT2D eigenvalue weighted by Gasteiger charge is 2.06. The fourth-order valence-corrected chi connectivity index (χ4v) is 1.54. The van der Waals surface area contributed by atoms with Gasteiger partial charge in [-0.05, 0) is 13.0 Å². The van der Waals surface area contributed by atoms with Crippen molar-refractivity contribution in [2.75, 3.05) is 19.7 Å². The molecule has 0 aliphatic heterocycles. The highest BCUT2D eigenvalue weighted by molar-refractivity contribution is 4.94. The maximum absolute atomic E-state index is 8.94. The molecule has 1 heterocycles. The van der Waals surface area contributed by atoms with Gasteiger partial charge in [-0.25, -0.2) is 0 Å². The molecule has 15 heavy (non-hydrogen) atoms. The molecule has 1 aromatic heterocycles. The Bertz CT molecular complexity index is 237. The predicted octanol–water partition coefficient (Wildman–Crippen LogP) is 1.66. The van der Waals surface area contributed by atoms with Crippen LogP contribution in [0.25, 0.3) is 0 Å². The van der Waals surface area contributed by atoms with Crippen LogP contribution in [0.2, 0.25) is 0 Å². The lowest BCUT2D eigenvalue weighted by molar-refractivity contribution is 0.184. The Balaban J connectivity index is 2.29. The maximum Gasteiger partial charge on any atom is 0.124 e. The summed E-state index contributed by atoms with van der Waals surface area (Å²) in [5.74, 6) is 0. The molecule has 0 aliphatic rings. The van der Waals surface area contributed by atoms with Crippen molar-refractivity contribution in [3.63, 3.8) is 0 Å². The fourth-order valence-electron chi connectivity index (χ4n) is 1.54. The summed E-state index contributed by atoms with van der Waals surface area (Å²) in [6.45, 7) is 4.87. The van der Waals surface area contributed by atoms with Gasteiger partial charge < -0.3 is 9.63 Å². The minimum Gasteiger partial charge on any atom is -0.395 e. The van der Waals surface area contributed by atoms with Gasteiger partial charge in [-0.15, -0.1) is 0 Å². The third kappa shape index (κ3) is 4.95. The Morgan fingerprint density at radius 1 is 1.40 bits per heavy atom. The molecule has 1 rings (SSSR count). The van der Waals surface area contributed by atoms with Gasteiger partial charge in [0.15, 0.2) is 0 Å². The first kappa shape index (κ1) is 12.2. The van der Waals surface area contributed by atoms with Crippen LogP contribution in [0, 0.1) is 0 Å². The second-order valence-corrected chi connectivity index (χ2v) is 3.70. The smallest absolute Gasteiger partial charge is 0.124 e. The van der Waals surface area contributed by atoms with E-state index in [0.717, 1.165) is 18.8 Å². The van der Waals surface area contributed by atoms with Crippen molar-refractivity contribution in [2.45, 2.75) is 32.7 Å². The summed E-state index contributed by atoms with van der Waals surface area (Å²) >= 11 is 0. The van der Waals surface area contributed by atoms with Gasteiger partial charge in [0.1, 0.15) is 6.26 Å². The van der Waals surface area contributed by atoms with E-state index >= 15 is 0 Å². The zero-order valence-electron chi connectivity index (χ0n) is 9.35. The van der Waals surface area contributed by atoms with Crippen LogP contribution >= 0.6 is 0 Å². The van der Waals surface area contributed by atoms with E-state index in [1.165, 1.54) is 19.3 Å². The lowest BCUT2D eigenvalue weighted by Crippen LogP contribution is -2.27. The molecule has 86 valence electrons. The molecule has 4 heteroatoms. The van der Waals surface area contributed by atoms with E-state index < -0.39 is 0 Å². The van der Waals surface area contributed by atoms with Crippen LogP contribution in [0.3, 0.4) is 0 Å². The van der Waals surface area contributed by atoms with Gasteiger partial charge in [-0.1, -0.05) is 24.9 Å². The summed E-state index contributed by atoms with van der Waals surface area (Å²) in [7, 11) is 0. The predicted molar refractivity (Wildman–Crippen MR) is 58.4 cm³/mol. The van der Waals surface area contributed by atoms with Gasteiger partial charge >= 0.3 is 0 Å². The Morgan fingerprint density at radius 2 is 2.27 bits per heavy atom. The summed E-state index contributed by atoms with van der Waals surface area (Å²) in [6.07, 6.45) is 5.21. The first-order valence-corrected chi connectivity index (χ1v) is 5.59. The molecule has 0 spiro atoms. The molecular formula is C11H20N2O2. The highest BCUT2D eigenvalue weighted by atomic mass is 16.5. The molecule has 1 aromatic rings. The molecule has 0 saturated heterocycles. The molecule has 0 atom stereocenters. The topological polar surface area (TPSA) is 49.5 Å². The third-order valence-corrected chi connectivity index (χ3v) is 2.37. The largest absolute Gasteiger partial charge is 0.395 e. The Kier molecular flexibility index (Phi) is 6.04. The van der Waals surface area contributed by atoms with Crippen molar-refractivity contribution < 1.29 is 9.63 Å². The molecule has 0 unspecified atom stereocenters. The first-order chi connectivity index (χ1) is 7.36. The van der Waals surface area contributed by atoms with Crippen LogP contribution in [0.1, 0.15) is 31.9 Å². The van der Waals surface area contributed by atoms with E-state index in [1.807, 2.05) is 6.07 Å². The molecule has 0 aromatic carbocycles. The summed E-state index contributed by atoms with van der Waals surface area (Å²) in [5, 5.41) is 12.8. The van der Waals surface area contributed by atoms with E-state index in [1.54, 1.807) is 6.26 Å². The summed E-state index contributed by atoms with van der Waals surface area (Å²) in [4.78, 5) is 2.20. The van der Waals surface area contributed by atoms with Crippen molar-refractivity contribution in [3.05, 3.63) is 18.0 Å². The van der Waals surface area contributed by atoms with Gasteiger partial charge in [0, 0.05) is 19.2 Å². The Morgan fingerprint density at radius 3 is 2.87 bits per heavy atom. The minimum atomic E-state index is 0.198. The second kappa shape index (κ2) is 7.43. The highest BCUT2D eigenvalue weighted by Crippen LogP contribution is 2.04. The van der Waals surface area contributed by atoms with Gasteiger partial charge in [-0.2, -0.15) is 0 Å². The van der Waals surface area contributed by atoms with Crippen molar-refractivity contribution >= 4 is 0 Å². The van der Waals surface area contributed by atoms with Crippen molar-refractivity contribution in [1.29, 1.82) is 0 Å². The Labute approximate surface area is 90.9 Å². The van der Waals surface area contributed by atoms with Gasteiger partial charge in [0.25, 0.3) is 0 Å². The van der Waals surface area contributed by atoms with Crippen LogP contribution in [0.15, 0.2) is 16.9 Å². The quantitative estimate of drug-likeness (QED) is 0.666. The average Bonchev–Trinajstić information content (AvgIpc) is 2.71. The lowest BCUT2D eigenvalue weighted by atomic mass is 10.2. The number of nitrogens with zero attached hydrogens (tertiary/aromatic N) is 2. The second-order valence-electron chi connectivity index (χ2n) is 3.70. The molecule has 0 saturated carbocycles. The van der Waals surface area contributed by atoms with Gasteiger partial charge in [0.05, 0.1) is 12.3 Å². The molecule has 0 aliphatic carbocycles. The monoisotopic (exact) mass is 212 g/mol. The maximum atomic E-state index is 8.94. The lowest BCUT2D eigenvalue weighted by Gasteiger charge is -2.19. The molecule has 1 N–H and O–H groups in total. The minimum absolute atomic E-state index is 0.198. The average molecular weight is 212 g/mol. The summed E-state index contributed by atoms with van der Waals surface area (Å²) < 4.78 is 4.78. The third-order valence-electron chi connectivity index (χ3n) is 2.37. The standard InChI is InChI=1S/C11H20N2O2/c1-2-3-4-6-13(7-8-14)10-11-5-9-15-12-11/h5,9,14H,2-4,6-8,10H2,1H3. The first-order valence-electron chi connectivity index (χ1n) is 5.59. The van der Waals surface area contributed by atoms with Crippen molar-refractivity contribution in [3.8, 4) is 0 Å². The molecule has 0 radical (unpaired) electrons. The normalized spacial score (nSPS) is 11.1. The van der Waals surface area contributed by atoms with Crippen molar-refractivity contribution in [2.24, 2.45) is 0 Å². The molecule has 0 bridgehead atoms. The van der Waals surface area contributed by atoms with Crippen LogP contribution in [-0.4, -0.2) is 34.9 Å². The molecular weight excluding hydrogens is 192 g/mol. The molecule has 0 amide bonds. The number of aliphatic hydroxyl groups excluding tert-OH is 1. The van der Waals surface area contributed by atoms with Crippen molar-refractivity contribution in [1.82, 2.24) is 10.1 Å². The van der Waals surface area contributed by atoms with Crippen LogP contribution in [-0.2, 0) is 6.54 Å². The number of aromatic nitrogens is 1. The number of rotatable bonds is 8. The summed E-state index contributed by atoms with van der Waals surface area (Å²) in [6, 6.07) is 1.87. The van der Waals surface area contributed by atoms with E-state index in [4.69, 9.17) is 9.63 Å². The summed E-state index contributed by atoms with van der Waals surface area (Å²) in [5.41, 5.74) is 0.931. The number of aliphatic hydroxyl groups is 1. The van der Waals surface area contributed by atoms with E-state index in [-0.39, 0.29) is 6.61 Å². The number of unbranched alkanes of at least 4 members (excludes halogenated alkanes) is 2. The molecule has 0 fully saturated rings. The van der Waals surface area contributed by atoms with Crippen LogP contribution in [0.4, 0.5) is 0 Å². The Hall–Kier alpha value is -0.870.